The molecule has 0 aliphatic rings. The van der Waals surface area contributed by atoms with Crippen molar-refractivity contribution in [3.63, 3.8) is 0 Å². The average Bonchev–Trinajstić information content (AvgIpc) is 2.70. The van der Waals surface area contributed by atoms with E-state index in [4.69, 9.17) is 16.3 Å². The van der Waals surface area contributed by atoms with Crippen LogP contribution >= 0.6 is 11.6 Å². The summed E-state index contributed by atoms with van der Waals surface area (Å²) in [7, 11) is 0. The molecule has 2 rings (SSSR count). The minimum absolute atomic E-state index is 0.0483. The third-order valence-electron chi connectivity index (χ3n) is 3.61. The van der Waals surface area contributed by atoms with E-state index in [0.29, 0.717) is 28.6 Å². The summed E-state index contributed by atoms with van der Waals surface area (Å²) >= 11 is 5.96. The molecular weight excluding hydrogens is 382 g/mol. The van der Waals surface area contributed by atoms with Crippen LogP contribution in [0.2, 0.25) is 5.02 Å². The van der Waals surface area contributed by atoms with Crippen LogP contribution in [0.5, 0.6) is 5.75 Å². The van der Waals surface area contributed by atoms with E-state index in [1.807, 2.05) is 6.92 Å². The van der Waals surface area contributed by atoms with Crippen molar-refractivity contribution < 1.29 is 19.1 Å². The van der Waals surface area contributed by atoms with Gasteiger partial charge in [-0.05, 0) is 36.8 Å². The number of carbonyl (C=O) groups excluding carboxylic acids is 3. The summed E-state index contributed by atoms with van der Waals surface area (Å²) in [6.07, 6.45) is 0.722. The number of ether oxygens (including phenoxy) is 1. The van der Waals surface area contributed by atoms with Gasteiger partial charge < -0.3 is 10.1 Å². The van der Waals surface area contributed by atoms with Gasteiger partial charge in [0.05, 0.1) is 17.3 Å². The Morgan fingerprint density at radius 2 is 1.71 bits per heavy atom. The molecule has 0 atom stereocenters. The number of halogens is 1. The number of nitrogens with one attached hydrogen (secondary N) is 3. The zero-order valence-corrected chi connectivity index (χ0v) is 16.2. The minimum atomic E-state index is -0.485. The van der Waals surface area contributed by atoms with Crippen LogP contribution in [0, 0.1) is 0 Å². The van der Waals surface area contributed by atoms with Crippen molar-refractivity contribution >= 4 is 35.0 Å². The summed E-state index contributed by atoms with van der Waals surface area (Å²) in [5, 5.41) is 3.04. The second-order valence-corrected chi connectivity index (χ2v) is 6.31. The number of carbonyl (C=O) groups is 3. The largest absolute Gasteiger partial charge is 0.494 e. The van der Waals surface area contributed by atoms with Crippen molar-refractivity contribution in [1.29, 1.82) is 0 Å². The number of hydrogen-bond donors (Lipinski definition) is 3. The molecule has 0 radical (unpaired) electrons. The normalized spacial score (nSPS) is 10.1. The van der Waals surface area contributed by atoms with Gasteiger partial charge in [0, 0.05) is 18.4 Å². The molecule has 0 spiro atoms. The second kappa shape index (κ2) is 10.9. The number of rotatable bonds is 8. The second-order valence-electron chi connectivity index (χ2n) is 5.91. The van der Waals surface area contributed by atoms with Crippen LogP contribution in [0.25, 0.3) is 0 Å². The lowest BCUT2D eigenvalue weighted by molar-refractivity contribution is -0.124. The van der Waals surface area contributed by atoms with Crippen molar-refractivity contribution in [3.8, 4) is 5.75 Å². The fourth-order valence-corrected chi connectivity index (χ4v) is 2.39. The molecule has 28 heavy (non-hydrogen) atoms. The van der Waals surface area contributed by atoms with E-state index >= 15 is 0 Å². The van der Waals surface area contributed by atoms with E-state index in [2.05, 4.69) is 16.2 Å². The Kier molecular flexibility index (Phi) is 8.30. The van der Waals surface area contributed by atoms with Gasteiger partial charge in [0.15, 0.2) is 0 Å². The molecule has 2 aromatic carbocycles. The fraction of sp³-hybridized carbons (Fsp3) is 0.250. The molecule has 3 N–H and O–H groups in total. The van der Waals surface area contributed by atoms with Crippen LogP contribution in [0.4, 0.5) is 5.69 Å². The maximum absolute atomic E-state index is 12.1. The highest BCUT2D eigenvalue weighted by atomic mass is 35.5. The summed E-state index contributed by atoms with van der Waals surface area (Å²) in [5.41, 5.74) is 5.44. The molecular formula is C20H22ClN3O4. The van der Waals surface area contributed by atoms with E-state index in [1.165, 1.54) is 0 Å². The van der Waals surface area contributed by atoms with Crippen molar-refractivity contribution in [3.05, 3.63) is 59.1 Å². The minimum Gasteiger partial charge on any atom is -0.494 e. The number of hydrogen-bond acceptors (Lipinski definition) is 4. The number of anilines is 1. The van der Waals surface area contributed by atoms with Crippen molar-refractivity contribution in [2.24, 2.45) is 0 Å². The standard InChI is InChI=1S/C20H22ClN3O4/c1-2-12-28-15-7-5-6-14(13-15)20(27)24-23-19(26)11-10-18(25)22-17-9-4-3-8-16(17)21/h3-9,13H,2,10-12H2,1H3,(H,22,25)(H,23,26)(H,24,27). The van der Waals surface area contributed by atoms with Crippen molar-refractivity contribution in [2.45, 2.75) is 26.2 Å². The van der Waals surface area contributed by atoms with Gasteiger partial charge in [-0.3, -0.25) is 25.2 Å². The van der Waals surface area contributed by atoms with Crippen LogP contribution < -0.4 is 20.9 Å². The molecule has 8 heteroatoms. The molecule has 7 nitrogen and oxygen atoms in total. The Bertz CT molecular complexity index is 842. The third kappa shape index (κ3) is 6.92. The Labute approximate surface area is 168 Å². The van der Waals surface area contributed by atoms with Crippen LogP contribution in [0.1, 0.15) is 36.5 Å². The van der Waals surface area contributed by atoms with Gasteiger partial charge in [0.2, 0.25) is 11.8 Å². The van der Waals surface area contributed by atoms with E-state index < -0.39 is 11.8 Å². The highest BCUT2D eigenvalue weighted by Gasteiger charge is 2.11. The molecule has 2 aromatic rings. The molecule has 0 heterocycles. The molecule has 148 valence electrons. The SMILES string of the molecule is CCCOc1cccc(C(=O)NNC(=O)CCC(=O)Nc2ccccc2Cl)c1. The number of hydrazine groups is 1. The molecule has 0 aromatic heterocycles. The Morgan fingerprint density at radius 3 is 2.46 bits per heavy atom. The Balaban J connectivity index is 1.75. The van der Waals surface area contributed by atoms with Crippen LogP contribution in [0.3, 0.4) is 0 Å². The summed E-state index contributed by atoms with van der Waals surface area (Å²) in [5.74, 6) is -0.732. The van der Waals surface area contributed by atoms with Gasteiger partial charge in [-0.15, -0.1) is 0 Å². The molecule has 0 fully saturated rings. The monoisotopic (exact) mass is 403 g/mol. The zero-order chi connectivity index (χ0) is 20.4. The number of amides is 3. The van der Waals surface area contributed by atoms with E-state index in [-0.39, 0.29) is 18.7 Å². The van der Waals surface area contributed by atoms with Crippen molar-refractivity contribution in [2.75, 3.05) is 11.9 Å². The summed E-state index contributed by atoms with van der Waals surface area (Å²) < 4.78 is 5.47. The van der Waals surface area contributed by atoms with Gasteiger partial charge in [-0.2, -0.15) is 0 Å². The zero-order valence-electron chi connectivity index (χ0n) is 15.5. The Morgan fingerprint density at radius 1 is 0.964 bits per heavy atom. The third-order valence-corrected chi connectivity index (χ3v) is 3.94. The van der Waals surface area contributed by atoms with Crippen molar-refractivity contribution in [1.82, 2.24) is 10.9 Å². The number of benzene rings is 2. The predicted molar refractivity (Wildman–Crippen MR) is 107 cm³/mol. The lowest BCUT2D eigenvalue weighted by Gasteiger charge is -2.10. The average molecular weight is 404 g/mol. The first-order chi connectivity index (χ1) is 13.5. The highest BCUT2D eigenvalue weighted by molar-refractivity contribution is 6.33. The predicted octanol–water partition coefficient (Wildman–Crippen LogP) is 3.31. The van der Waals surface area contributed by atoms with Gasteiger partial charge in [-0.25, -0.2) is 0 Å². The summed E-state index contributed by atoms with van der Waals surface area (Å²) in [6, 6.07) is 13.5. The smallest absolute Gasteiger partial charge is 0.269 e. The molecule has 0 saturated heterocycles. The van der Waals surface area contributed by atoms with E-state index in [9.17, 15) is 14.4 Å². The van der Waals surface area contributed by atoms with E-state index in [0.717, 1.165) is 6.42 Å². The first kappa shape index (κ1) is 21.2. The quantitative estimate of drug-likeness (QED) is 0.589. The summed E-state index contributed by atoms with van der Waals surface area (Å²) in [4.78, 5) is 35.9. The van der Waals surface area contributed by atoms with E-state index in [1.54, 1.807) is 48.5 Å². The van der Waals surface area contributed by atoms with Crippen LogP contribution in [0.15, 0.2) is 48.5 Å². The first-order valence-electron chi connectivity index (χ1n) is 8.86. The first-order valence-corrected chi connectivity index (χ1v) is 9.24. The molecule has 0 aliphatic carbocycles. The van der Waals surface area contributed by atoms with Gasteiger partial charge in [0.1, 0.15) is 5.75 Å². The molecule has 0 saturated carbocycles. The molecule has 0 bridgehead atoms. The molecule has 3 amide bonds. The lowest BCUT2D eigenvalue weighted by atomic mass is 10.2. The maximum Gasteiger partial charge on any atom is 0.269 e. The summed E-state index contributed by atoms with van der Waals surface area (Å²) in [6.45, 7) is 2.54. The number of para-hydroxylation sites is 1. The Hall–Kier alpha value is -3.06. The van der Waals surface area contributed by atoms with Gasteiger partial charge >= 0.3 is 0 Å². The van der Waals surface area contributed by atoms with Gasteiger partial charge in [-0.1, -0.05) is 36.7 Å². The van der Waals surface area contributed by atoms with Crippen LogP contribution in [-0.4, -0.2) is 24.3 Å². The fourth-order valence-electron chi connectivity index (χ4n) is 2.21. The molecule has 0 aliphatic heterocycles. The lowest BCUT2D eigenvalue weighted by Crippen LogP contribution is -2.41. The highest BCUT2D eigenvalue weighted by Crippen LogP contribution is 2.20. The maximum atomic E-state index is 12.1. The topological polar surface area (TPSA) is 96.5 Å². The van der Waals surface area contributed by atoms with Crippen LogP contribution in [-0.2, 0) is 9.59 Å². The van der Waals surface area contributed by atoms with Gasteiger partial charge in [0.25, 0.3) is 5.91 Å². The molecule has 0 unspecified atom stereocenters.